The summed E-state index contributed by atoms with van der Waals surface area (Å²) in [5.41, 5.74) is 1.62. The maximum absolute atomic E-state index is 14.6. The minimum atomic E-state index is -4.67. The number of hydrogen-bond donors (Lipinski definition) is 1. The Morgan fingerprint density at radius 3 is 1.96 bits per heavy atom. The monoisotopic (exact) mass is 643 g/mol. The van der Waals surface area contributed by atoms with Gasteiger partial charge in [0.05, 0.1) is 16.5 Å². The summed E-state index contributed by atoms with van der Waals surface area (Å²) in [7, 11) is 0. The van der Waals surface area contributed by atoms with Gasteiger partial charge in [0.2, 0.25) is 5.91 Å². The van der Waals surface area contributed by atoms with Crippen molar-refractivity contribution in [2.24, 2.45) is 5.41 Å². The first-order valence-corrected chi connectivity index (χ1v) is 16.1. The summed E-state index contributed by atoms with van der Waals surface area (Å²) in [6.07, 6.45) is -0.958. The predicted molar refractivity (Wildman–Crippen MR) is 179 cm³/mol. The first-order valence-electron chi connectivity index (χ1n) is 16.1. The second-order valence-electron chi connectivity index (χ2n) is 12.6. The molecular weight excluding hydrogens is 611 g/mol. The van der Waals surface area contributed by atoms with E-state index in [1.165, 1.54) is 12.3 Å². The summed E-state index contributed by atoms with van der Waals surface area (Å²) in [5.74, 6) is 0.0490. The van der Waals surface area contributed by atoms with Gasteiger partial charge in [-0.3, -0.25) is 9.78 Å². The molecule has 6 aromatic rings. The molecule has 1 spiro atoms. The zero-order chi connectivity index (χ0) is 32.9. The lowest BCUT2D eigenvalue weighted by molar-refractivity contribution is -0.137. The molecule has 1 N–H and O–H groups in total. The molecule has 4 heterocycles. The van der Waals surface area contributed by atoms with Gasteiger partial charge in [0.25, 0.3) is 0 Å². The Labute approximate surface area is 275 Å². The number of nitrogens with one attached hydrogen (secondary N) is 1. The van der Waals surface area contributed by atoms with Gasteiger partial charge in [-0.2, -0.15) is 18.3 Å². The summed E-state index contributed by atoms with van der Waals surface area (Å²) < 4.78 is 45.6. The number of rotatable bonds is 6. The standard InChI is InChI=1S/C39H32F3N5O/c40-39(41,42)33-25-43-21-18-31(33)35-32-24-30(46-23-20-37(36(46)48)19-22-44-26-37)16-17-34(32)47(45-35)38(27-10-4-1-5-11-27,28-12-6-2-7-13-28)29-14-8-3-9-15-29/h1-18,21,24-25,44H,19-20,22-23,26H2. The van der Waals surface area contributed by atoms with E-state index in [0.717, 1.165) is 42.3 Å². The van der Waals surface area contributed by atoms with Crippen LogP contribution in [0.5, 0.6) is 0 Å². The van der Waals surface area contributed by atoms with Crippen LogP contribution in [0.15, 0.2) is 128 Å². The second kappa shape index (κ2) is 11.5. The normalized spacial score (nSPS) is 18.3. The third-order valence-corrected chi connectivity index (χ3v) is 10.0. The van der Waals surface area contributed by atoms with Crippen LogP contribution < -0.4 is 10.2 Å². The van der Waals surface area contributed by atoms with Crippen molar-refractivity contribution < 1.29 is 18.0 Å². The molecular formula is C39H32F3N5O. The molecule has 6 nitrogen and oxygen atoms in total. The van der Waals surface area contributed by atoms with Crippen molar-refractivity contribution in [3.8, 4) is 11.3 Å². The molecule has 0 saturated carbocycles. The Kier molecular flexibility index (Phi) is 7.18. The molecule has 240 valence electrons. The Morgan fingerprint density at radius 1 is 0.771 bits per heavy atom. The van der Waals surface area contributed by atoms with Crippen molar-refractivity contribution in [1.29, 1.82) is 0 Å². The van der Waals surface area contributed by atoms with Crippen LogP contribution in [0.25, 0.3) is 22.2 Å². The SMILES string of the molecule is O=C1N(c2ccc3c(c2)c(-c2ccncc2C(F)(F)F)nn3C(c2ccccc2)(c2ccccc2)c2ccccc2)CCC12CCNC2. The number of carbonyl (C=O) groups is 1. The number of hydrogen-bond acceptors (Lipinski definition) is 4. The molecule has 8 rings (SSSR count). The van der Waals surface area contributed by atoms with Crippen LogP contribution in [0.2, 0.25) is 0 Å². The highest BCUT2D eigenvalue weighted by atomic mass is 19.4. The third-order valence-electron chi connectivity index (χ3n) is 10.0. The number of alkyl halides is 3. The average Bonchev–Trinajstić information content (AvgIpc) is 3.84. The first-order chi connectivity index (χ1) is 23.3. The van der Waals surface area contributed by atoms with E-state index in [4.69, 9.17) is 5.10 Å². The molecule has 2 saturated heterocycles. The molecule has 0 aliphatic carbocycles. The topological polar surface area (TPSA) is 63.1 Å². The molecule has 48 heavy (non-hydrogen) atoms. The number of carbonyl (C=O) groups excluding carboxylic acids is 1. The summed E-state index contributed by atoms with van der Waals surface area (Å²) in [4.78, 5) is 19.4. The number of nitrogens with zero attached hydrogens (tertiary/aromatic N) is 4. The highest BCUT2D eigenvalue weighted by Crippen LogP contribution is 2.47. The largest absolute Gasteiger partial charge is 0.418 e. The van der Waals surface area contributed by atoms with Crippen molar-refractivity contribution in [2.45, 2.75) is 24.6 Å². The molecule has 4 aromatic carbocycles. The Morgan fingerprint density at radius 2 is 1.40 bits per heavy atom. The lowest BCUT2D eigenvalue weighted by Gasteiger charge is -2.37. The van der Waals surface area contributed by atoms with Gasteiger partial charge in [-0.15, -0.1) is 0 Å². The lowest BCUT2D eigenvalue weighted by Crippen LogP contribution is -2.38. The number of aromatic nitrogens is 3. The van der Waals surface area contributed by atoms with E-state index in [0.29, 0.717) is 29.7 Å². The van der Waals surface area contributed by atoms with Crippen LogP contribution in [0.4, 0.5) is 18.9 Å². The quantitative estimate of drug-likeness (QED) is 0.189. The predicted octanol–water partition coefficient (Wildman–Crippen LogP) is 7.67. The molecule has 9 heteroatoms. The van der Waals surface area contributed by atoms with Crippen LogP contribution in [0.1, 0.15) is 35.1 Å². The second-order valence-corrected chi connectivity index (χ2v) is 12.6. The van der Waals surface area contributed by atoms with Crippen LogP contribution >= 0.6 is 0 Å². The number of amides is 1. The first kappa shape index (κ1) is 30.1. The van der Waals surface area contributed by atoms with E-state index >= 15 is 0 Å². The van der Waals surface area contributed by atoms with Crippen molar-refractivity contribution >= 4 is 22.5 Å². The number of pyridine rings is 1. The highest BCUT2D eigenvalue weighted by molar-refractivity contribution is 6.04. The summed E-state index contributed by atoms with van der Waals surface area (Å²) in [6, 6.07) is 36.7. The number of halogens is 3. The highest BCUT2D eigenvalue weighted by Gasteiger charge is 2.49. The zero-order valence-corrected chi connectivity index (χ0v) is 26.0. The van der Waals surface area contributed by atoms with Crippen molar-refractivity contribution in [3.05, 3.63) is 150 Å². The smallest absolute Gasteiger partial charge is 0.316 e. The Balaban J connectivity index is 1.46. The van der Waals surface area contributed by atoms with Crippen LogP contribution in [0, 0.1) is 5.41 Å². The number of benzene rings is 4. The van der Waals surface area contributed by atoms with Crippen molar-refractivity contribution in [3.63, 3.8) is 0 Å². The van der Waals surface area contributed by atoms with Crippen molar-refractivity contribution in [2.75, 3.05) is 24.5 Å². The van der Waals surface area contributed by atoms with E-state index in [1.54, 1.807) is 4.90 Å². The minimum Gasteiger partial charge on any atom is -0.316 e. The molecule has 2 fully saturated rings. The zero-order valence-electron chi connectivity index (χ0n) is 26.0. The van der Waals surface area contributed by atoms with Gasteiger partial charge in [-0.25, -0.2) is 4.68 Å². The lowest BCUT2D eigenvalue weighted by atomic mass is 9.77. The van der Waals surface area contributed by atoms with Crippen LogP contribution in [-0.4, -0.2) is 40.3 Å². The van der Waals surface area contributed by atoms with Crippen LogP contribution in [0.3, 0.4) is 0 Å². The molecule has 1 unspecified atom stereocenters. The van der Waals surface area contributed by atoms with Gasteiger partial charge >= 0.3 is 6.18 Å². The molecule has 0 bridgehead atoms. The molecule has 0 radical (unpaired) electrons. The van der Waals surface area contributed by atoms with Gasteiger partial charge in [0.1, 0.15) is 11.2 Å². The van der Waals surface area contributed by atoms with Crippen LogP contribution in [-0.2, 0) is 16.5 Å². The van der Waals surface area contributed by atoms with E-state index in [9.17, 15) is 18.0 Å². The summed E-state index contributed by atoms with van der Waals surface area (Å²) >= 11 is 0. The Hall–Kier alpha value is -5.28. The van der Waals surface area contributed by atoms with Gasteiger partial charge in [-0.05, 0) is 60.3 Å². The molecule has 1 amide bonds. The van der Waals surface area contributed by atoms with Gasteiger partial charge < -0.3 is 10.2 Å². The fourth-order valence-electron chi connectivity index (χ4n) is 7.67. The molecule has 2 aliphatic rings. The number of anilines is 1. The molecule has 1 atom stereocenters. The fraction of sp³-hybridized carbons (Fsp3) is 0.205. The molecule has 2 aliphatic heterocycles. The van der Waals surface area contributed by atoms with E-state index in [1.807, 2.05) is 114 Å². The average molecular weight is 644 g/mol. The maximum Gasteiger partial charge on any atom is 0.418 e. The van der Waals surface area contributed by atoms with Gasteiger partial charge in [0.15, 0.2) is 0 Å². The number of fused-ring (bicyclic) bond motifs is 1. The third kappa shape index (κ3) is 4.64. The van der Waals surface area contributed by atoms with E-state index in [2.05, 4.69) is 10.3 Å². The maximum atomic E-state index is 14.6. The minimum absolute atomic E-state index is 0.0490. The van der Waals surface area contributed by atoms with E-state index in [-0.39, 0.29) is 17.2 Å². The summed E-state index contributed by atoms with van der Waals surface area (Å²) in [5, 5.41) is 9.01. The van der Waals surface area contributed by atoms with Gasteiger partial charge in [0, 0.05) is 42.1 Å². The fourth-order valence-corrected chi connectivity index (χ4v) is 7.67. The molecule has 2 aromatic heterocycles. The van der Waals surface area contributed by atoms with Crippen molar-refractivity contribution in [1.82, 2.24) is 20.1 Å². The summed E-state index contributed by atoms with van der Waals surface area (Å²) in [6.45, 7) is 1.96. The van der Waals surface area contributed by atoms with E-state index < -0.39 is 22.7 Å². The van der Waals surface area contributed by atoms with Gasteiger partial charge in [-0.1, -0.05) is 91.0 Å². The Bertz CT molecular complexity index is 2010.